The summed E-state index contributed by atoms with van der Waals surface area (Å²) in [6.45, 7) is 2.60. The van der Waals surface area contributed by atoms with Gasteiger partial charge >= 0.3 is 18.2 Å². The van der Waals surface area contributed by atoms with E-state index < -0.39 is 35.2 Å². The maximum Gasteiger partial charge on any atom is 0.416 e. The Morgan fingerprint density at radius 3 is 2.52 bits per heavy atom. The van der Waals surface area contributed by atoms with E-state index in [0.29, 0.717) is 0 Å². The van der Waals surface area contributed by atoms with E-state index in [0.717, 1.165) is 17.0 Å². The molecule has 1 aromatic carbocycles. The van der Waals surface area contributed by atoms with E-state index in [4.69, 9.17) is 4.74 Å². The van der Waals surface area contributed by atoms with Crippen LogP contribution in [0.25, 0.3) is 0 Å². The van der Waals surface area contributed by atoms with Crippen molar-refractivity contribution in [2.45, 2.75) is 38.6 Å². The average Bonchev–Trinajstić information content (AvgIpc) is 2.71. The Hall–Kier alpha value is -2.58. The van der Waals surface area contributed by atoms with Crippen LogP contribution in [0.5, 0.6) is 0 Å². The monoisotopic (exact) mass is 358 g/mol. The van der Waals surface area contributed by atoms with Gasteiger partial charge in [-0.3, -0.25) is 14.5 Å². The number of hydrogen-bond acceptors (Lipinski definition) is 4. The van der Waals surface area contributed by atoms with Crippen LogP contribution in [0.4, 0.5) is 18.0 Å². The van der Waals surface area contributed by atoms with E-state index in [9.17, 15) is 27.6 Å². The molecule has 0 saturated carbocycles. The third-order valence-corrected chi connectivity index (χ3v) is 3.64. The standard InChI is InChI=1S/C16H17F3N2O4/c1-15(2)13(23)21(14(24)20-15)7-6-12(22)25-9-10-4-3-5-11(8-10)16(17,18)19/h3-5,8H,6-7,9H2,1-2H3,(H,20,24). The zero-order valence-corrected chi connectivity index (χ0v) is 13.6. The highest BCUT2D eigenvalue weighted by atomic mass is 19.4. The number of ether oxygens (including phenoxy) is 1. The van der Waals surface area contributed by atoms with Crippen LogP contribution < -0.4 is 5.32 Å². The first-order valence-electron chi connectivity index (χ1n) is 7.46. The molecule has 25 heavy (non-hydrogen) atoms. The Morgan fingerprint density at radius 1 is 1.28 bits per heavy atom. The van der Waals surface area contributed by atoms with Crippen molar-refractivity contribution in [2.24, 2.45) is 0 Å². The van der Waals surface area contributed by atoms with Gasteiger partial charge in [0, 0.05) is 6.54 Å². The van der Waals surface area contributed by atoms with Gasteiger partial charge in [-0.2, -0.15) is 13.2 Å². The van der Waals surface area contributed by atoms with E-state index >= 15 is 0 Å². The van der Waals surface area contributed by atoms with Gasteiger partial charge in [-0.25, -0.2) is 4.79 Å². The van der Waals surface area contributed by atoms with Crippen LogP contribution in [-0.4, -0.2) is 34.9 Å². The predicted molar refractivity (Wildman–Crippen MR) is 80.2 cm³/mol. The number of esters is 1. The Kier molecular flexibility index (Phi) is 5.05. The Labute approximate surface area is 141 Å². The number of hydrogen-bond donors (Lipinski definition) is 1. The summed E-state index contributed by atoms with van der Waals surface area (Å²) in [5, 5.41) is 2.47. The number of carbonyl (C=O) groups is 3. The lowest BCUT2D eigenvalue weighted by Gasteiger charge is -2.15. The largest absolute Gasteiger partial charge is 0.461 e. The van der Waals surface area contributed by atoms with Gasteiger partial charge in [-0.15, -0.1) is 0 Å². The zero-order chi connectivity index (χ0) is 18.8. The van der Waals surface area contributed by atoms with Gasteiger partial charge in [0.05, 0.1) is 12.0 Å². The van der Waals surface area contributed by atoms with E-state index in [2.05, 4.69) is 5.32 Å². The van der Waals surface area contributed by atoms with Crippen molar-refractivity contribution < 1.29 is 32.3 Å². The van der Waals surface area contributed by atoms with Gasteiger partial charge < -0.3 is 10.1 Å². The highest BCUT2D eigenvalue weighted by Crippen LogP contribution is 2.29. The SMILES string of the molecule is CC1(C)NC(=O)N(CCC(=O)OCc2cccc(C(F)(F)F)c2)C1=O. The number of benzene rings is 1. The highest BCUT2D eigenvalue weighted by Gasteiger charge is 2.44. The van der Waals surface area contributed by atoms with Crippen LogP contribution >= 0.6 is 0 Å². The minimum atomic E-state index is -4.48. The summed E-state index contributed by atoms with van der Waals surface area (Å²) in [5.74, 6) is -1.18. The van der Waals surface area contributed by atoms with Gasteiger partial charge in [-0.1, -0.05) is 12.1 Å². The number of halogens is 3. The molecule has 0 spiro atoms. The summed E-state index contributed by atoms with van der Waals surface area (Å²) in [5.41, 5.74) is -1.67. The molecule has 1 N–H and O–H groups in total. The molecule has 9 heteroatoms. The minimum absolute atomic E-state index is 0.157. The molecular weight excluding hydrogens is 341 g/mol. The molecule has 136 valence electrons. The molecule has 1 saturated heterocycles. The summed E-state index contributed by atoms with van der Waals surface area (Å²) in [7, 11) is 0. The second kappa shape index (κ2) is 6.73. The third kappa shape index (κ3) is 4.49. The number of carbonyl (C=O) groups excluding carboxylic acids is 3. The number of urea groups is 1. The molecule has 1 aliphatic rings. The van der Waals surface area contributed by atoms with E-state index in [-0.39, 0.29) is 25.1 Å². The highest BCUT2D eigenvalue weighted by molar-refractivity contribution is 6.06. The molecule has 0 bridgehead atoms. The average molecular weight is 358 g/mol. The Bertz CT molecular complexity index is 701. The van der Waals surface area contributed by atoms with Crippen LogP contribution in [-0.2, 0) is 27.1 Å². The van der Waals surface area contributed by atoms with Gasteiger partial charge in [0.15, 0.2) is 0 Å². The topological polar surface area (TPSA) is 75.7 Å². The first kappa shape index (κ1) is 18.8. The molecular formula is C16H17F3N2O4. The summed E-state index contributed by atoms with van der Waals surface area (Å²) < 4.78 is 42.7. The molecule has 0 aromatic heterocycles. The van der Waals surface area contributed by atoms with Crippen molar-refractivity contribution in [3.05, 3.63) is 35.4 Å². The number of rotatable bonds is 5. The Balaban J connectivity index is 1.86. The lowest BCUT2D eigenvalue weighted by molar-refractivity contribution is -0.145. The zero-order valence-electron chi connectivity index (χ0n) is 13.6. The van der Waals surface area contributed by atoms with Crippen molar-refractivity contribution in [1.82, 2.24) is 10.2 Å². The van der Waals surface area contributed by atoms with Crippen molar-refractivity contribution in [3.63, 3.8) is 0 Å². The van der Waals surface area contributed by atoms with Crippen molar-refractivity contribution in [1.29, 1.82) is 0 Å². The van der Waals surface area contributed by atoms with Crippen LogP contribution in [0, 0.1) is 0 Å². The van der Waals surface area contributed by atoms with E-state index in [1.165, 1.54) is 12.1 Å². The third-order valence-electron chi connectivity index (χ3n) is 3.64. The molecule has 2 rings (SSSR count). The fourth-order valence-corrected chi connectivity index (χ4v) is 2.30. The second-order valence-electron chi connectivity index (χ2n) is 6.12. The van der Waals surface area contributed by atoms with Crippen molar-refractivity contribution >= 4 is 17.9 Å². The smallest absolute Gasteiger partial charge is 0.416 e. The van der Waals surface area contributed by atoms with Crippen molar-refractivity contribution in [2.75, 3.05) is 6.54 Å². The van der Waals surface area contributed by atoms with Gasteiger partial charge in [0.2, 0.25) is 0 Å². The molecule has 0 unspecified atom stereocenters. The maximum atomic E-state index is 12.6. The lowest BCUT2D eigenvalue weighted by Crippen LogP contribution is -2.40. The summed E-state index contributed by atoms with van der Waals surface area (Å²) in [6.07, 6.45) is -4.72. The fraction of sp³-hybridized carbons (Fsp3) is 0.438. The molecule has 3 amide bonds. The number of imide groups is 1. The number of amides is 3. The first-order valence-corrected chi connectivity index (χ1v) is 7.46. The van der Waals surface area contributed by atoms with Crippen LogP contribution in [0.3, 0.4) is 0 Å². The molecule has 0 radical (unpaired) electrons. The molecule has 1 aromatic rings. The van der Waals surface area contributed by atoms with Crippen LogP contribution in [0.15, 0.2) is 24.3 Å². The van der Waals surface area contributed by atoms with Gasteiger partial charge in [0.1, 0.15) is 12.1 Å². The molecule has 0 aliphatic carbocycles. The predicted octanol–water partition coefficient (Wildman–Crippen LogP) is 2.47. The van der Waals surface area contributed by atoms with Gasteiger partial charge in [-0.05, 0) is 31.5 Å². The van der Waals surface area contributed by atoms with E-state index in [1.807, 2.05) is 0 Å². The van der Waals surface area contributed by atoms with Crippen LogP contribution in [0.1, 0.15) is 31.4 Å². The van der Waals surface area contributed by atoms with Crippen LogP contribution in [0.2, 0.25) is 0 Å². The van der Waals surface area contributed by atoms with E-state index in [1.54, 1.807) is 13.8 Å². The number of nitrogens with one attached hydrogen (secondary N) is 1. The molecule has 1 aliphatic heterocycles. The quantitative estimate of drug-likeness (QED) is 0.648. The number of nitrogens with zero attached hydrogens (tertiary/aromatic N) is 1. The molecule has 6 nitrogen and oxygen atoms in total. The second-order valence-corrected chi connectivity index (χ2v) is 6.12. The fourth-order valence-electron chi connectivity index (χ4n) is 2.30. The first-order chi connectivity index (χ1) is 11.5. The molecule has 1 heterocycles. The Morgan fingerprint density at radius 2 is 1.96 bits per heavy atom. The van der Waals surface area contributed by atoms with Gasteiger partial charge in [0.25, 0.3) is 5.91 Å². The summed E-state index contributed by atoms with van der Waals surface area (Å²) >= 11 is 0. The van der Waals surface area contributed by atoms with Crippen molar-refractivity contribution in [3.8, 4) is 0 Å². The normalized spacial score (nSPS) is 16.8. The lowest BCUT2D eigenvalue weighted by atomic mass is 10.1. The summed E-state index contributed by atoms with van der Waals surface area (Å²) in [6, 6.07) is 3.85. The summed E-state index contributed by atoms with van der Waals surface area (Å²) in [4.78, 5) is 36.2. The maximum absolute atomic E-state index is 12.6. The minimum Gasteiger partial charge on any atom is -0.461 e. The molecule has 0 atom stereocenters. The molecule has 1 fully saturated rings. The number of alkyl halides is 3.